The molecule has 2 aromatic heterocycles. The molecule has 0 saturated heterocycles. The Labute approximate surface area is 227 Å². The fraction of sp³-hybridized carbons (Fsp3) is 0.161. The van der Waals surface area contributed by atoms with Gasteiger partial charge in [-0.15, -0.1) is 11.8 Å². The highest BCUT2D eigenvalue weighted by Gasteiger charge is 2.27. The summed E-state index contributed by atoms with van der Waals surface area (Å²) in [7, 11) is 3.30. The Balaban J connectivity index is 1.38. The number of anilines is 1. The van der Waals surface area contributed by atoms with Crippen LogP contribution < -0.4 is 14.8 Å². The van der Waals surface area contributed by atoms with Gasteiger partial charge in [0.1, 0.15) is 16.9 Å². The van der Waals surface area contributed by atoms with Crippen molar-refractivity contribution in [2.45, 2.75) is 18.1 Å². The van der Waals surface area contributed by atoms with Crippen LogP contribution in [0, 0.1) is 0 Å². The van der Waals surface area contributed by atoms with Crippen molar-refractivity contribution in [1.82, 2.24) is 9.55 Å². The number of amides is 1. The van der Waals surface area contributed by atoms with Crippen LogP contribution in [0.2, 0.25) is 0 Å². The van der Waals surface area contributed by atoms with E-state index in [4.69, 9.17) is 9.47 Å². The summed E-state index contributed by atoms with van der Waals surface area (Å²) >= 11 is 1.82. The van der Waals surface area contributed by atoms with E-state index in [1.54, 1.807) is 20.4 Å². The number of nitrogens with one attached hydrogen (secondary N) is 1. The summed E-state index contributed by atoms with van der Waals surface area (Å²) in [5, 5.41) is 3.28. The van der Waals surface area contributed by atoms with Crippen LogP contribution in [0.5, 0.6) is 11.5 Å². The number of fused-ring (bicyclic) bond motifs is 1. The highest BCUT2D eigenvalue weighted by atomic mass is 32.2. The van der Waals surface area contributed by atoms with E-state index >= 15 is 0 Å². The summed E-state index contributed by atoms with van der Waals surface area (Å²) in [6.45, 7) is 1.83. The number of allylic oxidation sites excluding steroid dienone is 2. The Morgan fingerprint density at radius 2 is 1.63 bits per heavy atom. The maximum atomic E-state index is 13.1. The molecular weight excluding hydrogens is 494 g/mol. The molecule has 2 aromatic carbocycles. The van der Waals surface area contributed by atoms with Gasteiger partial charge in [0.2, 0.25) is 0 Å². The van der Waals surface area contributed by atoms with Crippen LogP contribution in [0.3, 0.4) is 0 Å². The lowest BCUT2D eigenvalue weighted by Gasteiger charge is -2.12. The monoisotopic (exact) mass is 523 g/mol. The first kappa shape index (κ1) is 25.4. The van der Waals surface area contributed by atoms with Crippen molar-refractivity contribution in [1.29, 1.82) is 0 Å². The highest BCUT2D eigenvalue weighted by Crippen LogP contribution is 2.43. The highest BCUT2D eigenvalue weighted by molar-refractivity contribution is 7.99. The van der Waals surface area contributed by atoms with Crippen molar-refractivity contribution < 1.29 is 14.3 Å². The number of benzene rings is 2. The Bertz CT molecular complexity index is 1420. The van der Waals surface area contributed by atoms with Crippen molar-refractivity contribution in [2.24, 2.45) is 0 Å². The van der Waals surface area contributed by atoms with E-state index in [1.165, 1.54) is 0 Å². The summed E-state index contributed by atoms with van der Waals surface area (Å²) in [6, 6.07) is 21.8. The second kappa shape index (κ2) is 11.4. The number of pyridine rings is 1. The second-order valence-corrected chi connectivity index (χ2v) is 9.94. The topological polar surface area (TPSA) is 65.4 Å². The third-order valence-corrected chi connectivity index (χ3v) is 7.79. The van der Waals surface area contributed by atoms with Crippen molar-refractivity contribution in [3.05, 3.63) is 125 Å². The van der Waals surface area contributed by atoms with Crippen molar-refractivity contribution in [3.63, 3.8) is 0 Å². The van der Waals surface area contributed by atoms with Crippen LogP contribution in [0.15, 0.2) is 103 Å². The number of carbonyl (C=O) groups excluding carboxylic acids is 1. The number of ether oxygens (including phenoxy) is 2. The second-order valence-electron chi connectivity index (χ2n) is 8.87. The molecule has 1 atom stereocenters. The Morgan fingerprint density at radius 3 is 2.21 bits per heavy atom. The number of hydrogen-bond acceptors (Lipinski definition) is 5. The summed E-state index contributed by atoms with van der Waals surface area (Å²) in [4.78, 5) is 17.4. The van der Waals surface area contributed by atoms with Crippen LogP contribution >= 0.6 is 11.8 Å². The number of methoxy groups -OCH3 is 2. The minimum Gasteiger partial charge on any atom is -0.497 e. The molecule has 6 nitrogen and oxygen atoms in total. The molecule has 4 aromatic rings. The van der Waals surface area contributed by atoms with Crippen molar-refractivity contribution >= 4 is 28.9 Å². The first-order valence-corrected chi connectivity index (χ1v) is 13.3. The SMILES string of the molecule is COc1ccc(C(=C/C=C(/C)C(=O)Nc2ccn3c2CS[C@@H]3c2cccnc2)c2ccc(OC)cc2)cc1. The normalized spacial score (nSPS) is 14.5. The number of rotatable bonds is 8. The van der Waals surface area contributed by atoms with Gasteiger partial charge in [-0.05, 0) is 60.0 Å². The van der Waals surface area contributed by atoms with E-state index in [-0.39, 0.29) is 11.3 Å². The molecule has 1 N–H and O–H groups in total. The maximum Gasteiger partial charge on any atom is 0.251 e. The van der Waals surface area contributed by atoms with E-state index in [0.29, 0.717) is 5.57 Å². The molecule has 0 bridgehead atoms. The number of nitrogens with zero attached hydrogens (tertiary/aromatic N) is 2. The minimum atomic E-state index is -0.131. The molecule has 0 unspecified atom stereocenters. The van der Waals surface area contributed by atoms with Crippen LogP contribution in [-0.2, 0) is 10.5 Å². The van der Waals surface area contributed by atoms with Crippen LogP contribution in [0.25, 0.3) is 5.57 Å². The predicted molar refractivity (Wildman–Crippen MR) is 154 cm³/mol. The standard InChI is InChI=1S/C31H29N3O3S/c1-21(30(35)33-28-16-18-34-29(28)20-38-31(34)24-5-4-17-32-19-24)6-15-27(22-7-11-25(36-2)12-8-22)23-9-13-26(37-3)14-10-23/h4-19,31H,20H2,1-3H3,(H,33,35)/b21-6-/t31-/m1/s1. The van der Waals surface area contributed by atoms with E-state index in [9.17, 15) is 4.79 Å². The molecule has 7 heteroatoms. The molecule has 0 spiro atoms. The number of thioether (sulfide) groups is 1. The van der Waals surface area contributed by atoms with Gasteiger partial charge in [0.25, 0.3) is 5.91 Å². The van der Waals surface area contributed by atoms with E-state index in [1.807, 2.05) is 104 Å². The third-order valence-electron chi connectivity index (χ3n) is 6.53. The Morgan fingerprint density at radius 1 is 0.974 bits per heavy atom. The van der Waals surface area contributed by atoms with Crippen molar-refractivity contribution in [2.75, 3.05) is 19.5 Å². The molecule has 38 heavy (non-hydrogen) atoms. The molecule has 0 fully saturated rings. The van der Waals surface area contributed by atoms with Crippen LogP contribution in [0.4, 0.5) is 5.69 Å². The first-order chi connectivity index (χ1) is 18.6. The van der Waals surface area contributed by atoms with Gasteiger partial charge >= 0.3 is 0 Å². The summed E-state index contributed by atoms with van der Waals surface area (Å²) in [5.74, 6) is 2.27. The first-order valence-electron chi connectivity index (χ1n) is 12.3. The quantitative estimate of drug-likeness (QED) is 0.205. The number of carbonyl (C=O) groups is 1. The maximum absolute atomic E-state index is 13.1. The van der Waals surface area contributed by atoms with Gasteiger partial charge in [0, 0.05) is 35.5 Å². The van der Waals surface area contributed by atoms with Gasteiger partial charge in [-0.25, -0.2) is 0 Å². The van der Waals surface area contributed by atoms with Crippen molar-refractivity contribution in [3.8, 4) is 11.5 Å². The predicted octanol–water partition coefficient (Wildman–Crippen LogP) is 6.71. The van der Waals surface area contributed by atoms with Gasteiger partial charge in [-0.3, -0.25) is 9.78 Å². The number of aromatic nitrogens is 2. The fourth-order valence-electron chi connectivity index (χ4n) is 4.39. The average molecular weight is 524 g/mol. The van der Waals surface area contributed by atoms with Gasteiger partial charge in [0.15, 0.2) is 0 Å². The molecule has 0 saturated carbocycles. The fourth-order valence-corrected chi connectivity index (χ4v) is 5.70. The Hall–Kier alpha value is -4.23. The van der Waals surface area contributed by atoms with Gasteiger partial charge < -0.3 is 19.4 Å². The molecular formula is C31H29N3O3S. The Kier molecular flexibility index (Phi) is 7.65. The third kappa shape index (κ3) is 5.38. The molecule has 192 valence electrons. The van der Waals surface area contributed by atoms with Crippen LogP contribution in [0.1, 0.15) is 34.7 Å². The smallest absolute Gasteiger partial charge is 0.251 e. The molecule has 0 radical (unpaired) electrons. The largest absolute Gasteiger partial charge is 0.497 e. The van der Waals surface area contributed by atoms with Gasteiger partial charge in [0.05, 0.1) is 25.6 Å². The average Bonchev–Trinajstić information content (AvgIpc) is 3.57. The molecule has 0 aliphatic carbocycles. The summed E-state index contributed by atoms with van der Waals surface area (Å²) < 4.78 is 12.9. The molecule has 5 rings (SSSR count). The molecule has 1 amide bonds. The lowest BCUT2D eigenvalue weighted by Crippen LogP contribution is -2.13. The molecule has 3 heterocycles. The zero-order chi connectivity index (χ0) is 26.5. The number of hydrogen-bond donors (Lipinski definition) is 1. The molecule has 1 aliphatic heterocycles. The summed E-state index contributed by atoms with van der Waals surface area (Å²) in [6.07, 6.45) is 9.56. The zero-order valence-corrected chi connectivity index (χ0v) is 22.4. The van der Waals surface area contributed by atoms with Gasteiger partial charge in [-0.1, -0.05) is 42.5 Å². The summed E-state index contributed by atoms with van der Waals surface area (Å²) in [5.41, 5.74) is 6.74. The lowest BCUT2D eigenvalue weighted by molar-refractivity contribution is -0.112. The van der Waals surface area contributed by atoms with E-state index in [0.717, 1.165) is 50.9 Å². The van der Waals surface area contributed by atoms with Gasteiger partial charge in [-0.2, -0.15) is 0 Å². The van der Waals surface area contributed by atoms with E-state index < -0.39 is 0 Å². The lowest BCUT2D eigenvalue weighted by atomic mass is 9.97. The van der Waals surface area contributed by atoms with Crippen LogP contribution in [-0.4, -0.2) is 29.7 Å². The van der Waals surface area contributed by atoms with E-state index in [2.05, 4.69) is 20.9 Å². The minimum absolute atomic E-state index is 0.131. The molecule has 1 aliphatic rings. The zero-order valence-electron chi connectivity index (χ0n) is 21.5.